The number of hydrogen-bond acceptors (Lipinski definition) is 8. The van der Waals surface area contributed by atoms with Gasteiger partial charge in [0.1, 0.15) is 11.4 Å². The minimum absolute atomic E-state index is 0.0377. The van der Waals surface area contributed by atoms with Gasteiger partial charge in [-0.2, -0.15) is 0 Å². The van der Waals surface area contributed by atoms with E-state index in [9.17, 15) is 24.8 Å². The number of nitro groups is 1. The molecular formula is C25H32N4O6. The van der Waals surface area contributed by atoms with E-state index in [0.29, 0.717) is 32.6 Å². The highest BCUT2D eigenvalue weighted by Gasteiger charge is 2.29. The predicted molar refractivity (Wildman–Crippen MR) is 131 cm³/mol. The maximum atomic E-state index is 13.4. The van der Waals surface area contributed by atoms with E-state index in [1.807, 2.05) is 0 Å². The summed E-state index contributed by atoms with van der Waals surface area (Å²) in [4.78, 5) is 39.9. The quantitative estimate of drug-likeness (QED) is 0.333. The zero-order chi connectivity index (χ0) is 25.6. The molecule has 0 saturated carbocycles. The number of carbonyl (C=O) groups excluding carboxylic acids is 2. The fraction of sp³-hybridized carbons (Fsp3) is 0.440. The van der Waals surface area contributed by atoms with Crippen LogP contribution in [0.25, 0.3) is 0 Å². The number of aromatic hydroxyl groups is 1. The van der Waals surface area contributed by atoms with Gasteiger partial charge < -0.3 is 19.6 Å². The van der Waals surface area contributed by atoms with Crippen LogP contribution in [0.3, 0.4) is 0 Å². The van der Waals surface area contributed by atoms with Crippen molar-refractivity contribution in [2.24, 2.45) is 0 Å². The number of non-ortho nitro benzene ring substituents is 1. The van der Waals surface area contributed by atoms with Crippen LogP contribution in [0.5, 0.6) is 5.75 Å². The van der Waals surface area contributed by atoms with Gasteiger partial charge in [-0.15, -0.1) is 0 Å². The molecule has 0 bridgehead atoms. The molecule has 2 aromatic carbocycles. The molecule has 3 rings (SSSR count). The van der Waals surface area contributed by atoms with Crippen molar-refractivity contribution in [3.63, 3.8) is 0 Å². The molecule has 2 N–H and O–H groups in total. The summed E-state index contributed by atoms with van der Waals surface area (Å²) in [5, 5.41) is 23.5. The van der Waals surface area contributed by atoms with Crippen molar-refractivity contribution in [1.82, 2.24) is 10.2 Å². The summed E-state index contributed by atoms with van der Waals surface area (Å²) in [6.45, 7) is 7.39. The van der Waals surface area contributed by atoms with E-state index in [-0.39, 0.29) is 23.9 Å². The Morgan fingerprint density at radius 3 is 2.20 bits per heavy atom. The number of nitro benzene ring substituents is 1. The van der Waals surface area contributed by atoms with Crippen molar-refractivity contribution >= 4 is 23.3 Å². The molecular weight excluding hydrogens is 452 g/mol. The number of rotatable bonds is 8. The van der Waals surface area contributed by atoms with E-state index >= 15 is 0 Å². The van der Waals surface area contributed by atoms with Gasteiger partial charge in [0.05, 0.1) is 17.5 Å². The second-order valence-electron chi connectivity index (χ2n) is 9.48. The lowest BCUT2D eigenvalue weighted by Gasteiger charge is -2.37. The van der Waals surface area contributed by atoms with Crippen LogP contribution in [0.1, 0.15) is 26.3 Å². The Hall–Kier alpha value is -3.66. The summed E-state index contributed by atoms with van der Waals surface area (Å²) in [5.74, 6) is -0.422. The average molecular weight is 485 g/mol. The Labute approximate surface area is 204 Å². The van der Waals surface area contributed by atoms with Crippen LogP contribution >= 0.6 is 0 Å². The van der Waals surface area contributed by atoms with E-state index in [1.54, 1.807) is 62.1 Å². The van der Waals surface area contributed by atoms with Gasteiger partial charge in [-0.05, 0) is 57.0 Å². The predicted octanol–water partition coefficient (Wildman–Crippen LogP) is 2.49. The molecule has 0 radical (unpaired) electrons. The van der Waals surface area contributed by atoms with Crippen LogP contribution in [-0.2, 0) is 20.7 Å². The summed E-state index contributed by atoms with van der Waals surface area (Å²) in [5.41, 5.74) is 1.13. The van der Waals surface area contributed by atoms with Crippen LogP contribution in [0, 0.1) is 10.1 Å². The van der Waals surface area contributed by atoms with E-state index in [0.717, 1.165) is 11.3 Å². The van der Waals surface area contributed by atoms with Crippen LogP contribution in [-0.4, -0.2) is 71.2 Å². The fourth-order valence-electron chi connectivity index (χ4n) is 3.89. The van der Waals surface area contributed by atoms with Crippen LogP contribution in [0.2, 0.25) is 0 Å². The van der Waals surface area contributed by atoms with Crippen molar-refractivity contribution < 1.29 is 24.4 Å². The molecule has 1 amide bonds. The molecule has 1 unspecified atom stereocenters. The number of amides is 1. The Bertz CT molecular complexity index is 1030. The molecule has 1 saturated heterocycles. The highest BCUT2D eigenvalue weighted by atomic mass is 16.6. The summed E-state index contributed by atoms with van der Waals surface area (Å²) < 4.78 is 5.36. The highest BCUT2D eigenvalue weighted by Crippen LogP contribution is 2.21. The van der Waals surface area contributed by atoms with E-state index in [2.05, 4.69) is 10.2 Å². The van der Waals surface area contributed by atoms with Gasteiger partial charge in [0.2, 0.25) is 5.91 Å². The lowest BCUT2D eigenvalue weighted by molar-refractivity contribution is -0.384. The molecule has 1 aliphatic heterocycles. The van der Waals surface area contributed by atoms with Crippen molar-refractivity contribution in [2.75, 3.05) is 37.6 Å². The molecule has 0 aromatic heterocycles. The Morgan fingerprint density at radius 2 is 1.66 bits per heavy atom. The number of hydrogen-bond donors (Lipinski definition) is 2. The topological polar surface area (TPSA) is 125 Å². The third kappa shape index (κ3) is 7.68. The molecule has 0 aliphatic carbocycles. The first-order chi connectivity index (χ1) is 16.5. The van der Waals surface area contributed by atoms with E-state index in [4.69, 9.17) is 4.74 Å². The highest BCUT2D eigenvalue weighted by molar-refractivity contribution is 5.83. The van der Waals surface area contributed by atoms with Gasteiger partial charge in [0.25, 0.3) is 5.69 Å². The van der Waals surface area contributed by atoms with Gasteiger partial charge in [-0.25, -0.2) is 0 Å². The number of ether oxygens (including phenoxy) is 1. The second-order valence-corrected chi connectivity index (χ2v) is 9.48. The van der Waals surface area contributed by atoms with Crippen molar-refractivity contribution in [3.8, 4) is 5.75 Å². The number of esters is 1. The number of piperazine rings is 1. The maximum Gasteiger partial charge on any atom is 0.320 e. The number of benzene rings is 2. The zero-order valence-corrected chi connectivity index (χ0v) is 20.3. The van der Waals surface area contributed by atoms with Gasteiger partial charge in [-0.1, -0.05) is 12.1 Å². The molecule has 188 valence electrons. The van der Waals surface area contributed by atoms with Crippen LogP contribution in [0.4, 0.5) is 11.4 Å². The van der Waals surface area contributed by atoms with Gasteiger partial charge in [0, 0.05) is 44.0 Å². The number of nitrogens with one attached hydrogen (secondary N) is 1. The fourth-order valence-corrected chi connectivity index (χ4v) is 3.89. The molecule has 35 heavy (non-hydrogen) atoms. The first kappa shape index (κ1) is 26.0. The van der Waals surface area contributed by atoms with Crippen LogP contribution < -0.4 is 10.2 Å². The summed E-state index contributed by atoms with van der Waals surface area (Å²) in [6.07, 6.45) is 0.352. The Balaban J connectivity index is 1.64. The summed E-state index contributed by atoms with van der Waals surface area (Å²) >= 11 is 0. The molecule has 10 heteroatoms. The molecule has 0 spiro atoms. The summed E-state index contributed by atoms with van der Waals surface area (Å²) in [7, 11) is 0. The van der Waals surface area contributed by atoms with Crippen LogP contribution in [0.15, 0.2) is 48.5 Å². The number of phenols is 1. The number of carbonyl (C=O) groups is 2. The Morgan fingerprint density at radius 1 is 1.06 bits per heavy atom. The number of nitrogens with zero attached hydrogens (tertiary/aromatic N) is 3. The van der Waals surface area contributed by atoms with Gasteiger partial charge >= 0.3 is 5.97 Å². The smallest absolute Gasteiger partial charge is 0.320 e. The minimum Gasteiger partial charge on any atom is -0.508 e. The van der Waals surface area contributed by atoms with Crippen molar-refractivity contribution in [3.05, 3.63) is 64.2 Å². The molecule has 10 nitrogen and oxygen atoms in total. The lowest BCUT2D eigenvalue weighted by Crippen LogP contribution is -2.55. The largest absolute Gasteiger partial charge is 0.508 e. The molecule has 2 aromatic rings. The Kier molecular flexibility index (Phi) is 8.29. The molecule has 1 heterocycles. The van der Waals surface area contributed by atoms with Gasteiger partial charge in [-0.3, -0.25) is 25.0 Å². The maximum absolute atomic E-state index is 13.4. The SMILES string of the molecule is CC(C)(C)OC(=O)CNC(Cc1ccc(O)cc1)C(=O)N1CCN(c2ccc([N+](=O)[O-])cc2)CC1. The lowest BCUT2D eigenvalue weighted by atomic mass is 10.0. The average Bonchev–Trinajstić information content (AvgIpc) is 2.81. The van der Waals surface area contributed by atoms with E-state index in [1.165, 1.54) is 12.1 Å². The molecule has 1 aliphatic rings. The third-order valence-corrected chi connectivity index (χ3v) is 5.60. The molecule has 1 atom stereocenters. The third-order valence-electron chi connectivity index (χ3n) is 5.60. The molecule has 1 fully saturated rings. The normalized spacial score (nSPS) is 14.9. The first-order valence-electron chi connectivity index (χ1n) is 11.5. The zero-order valence-electron chi connectivity index (χ0n) is 20.3. The summed E-state index contributed by atoms with van der Waals surface area (Å²) in [6, 6.07) is 12.4. The first-order valence-corrected chi connectivity index (χ1v) is 11.5. The van der Waals surface area contributed by atoms with Crippen molar-refractivity contribution in [2.45, 2.75) is 38.8 Å². The second kappa shape index (κ2) is 11.2. The van der Waals surface area contributed by atoms with Gasteiger partial charge in [0.15, 0.2) is 0 Å². The minimum atomic E-state index is -0.641. The number of anilines is 1. The number of phenolic OH excluding ortho intramolecular Hbond substituents is 1. The standard InChI is InChI=1S/C25H32N4O6/c1-25(2,3)35-23(31)17-26-22(16-18-4-10-21(30)11-5-18)24(32)28-14-12-27(13-15-28)19-6-8-20(9-7-19)29(33)34/h4-11,22,26,30H,12-17H2,1-3H3. The monoisotopic (exact) mass is 484 g/mol. The van der Waals surface area contributed by atoms with Crippen molar-refractivity contribution in [1.29, 1.82) is 0 Å². The van der Waals surface area contributed by atoms with E-state index < -0.39 is 22.5 Å².